The van der Waals surface area contributed by atoms with E-state index in [1.807, 2.05) is 26.0 Å². The molecule has 0 aromatic heterocycles. The van der Waals surface area contributed by atoms with Crippen molar-refractivity contribution in [2.45, 2.75) is 39.2 Å². The van der Waals surface area contributed by atoms with Gasteiger partial charge in [-0.1, -0.05) is 32.4 Å². The number of amides is 3. The van der Waals surface area contributed by atoms with Gasteiger partial charge in [-0.2, -0.15) is 0 Å². The third kappa shape index (κ3) is 5.04. The lowest BCUT2D eigenvalue weighted by atomic mass is 9.97. The Morgan fingerprint density at radius 1 is 1.33 bits per heavy atom. The van der Waals surface area contributed by atoms with E-state index in [9.17, 15) is 14.4 Å². The first-order valence-corrected chi connectivity index (χ1v) is 7.89. The van der Waals surface area contributed by atoms with E-state index in [1.165, 1.54) is 0 Å². The van der Waals surface area contributed by atoms with Gasteiger partial charge in [0, 0.05) is 12.1 Å². The van der Waals surface area contributed by atoms with Crippen LogP contribution in [0.5, 0.6) is 0 Å². The second-order valence-electron chi connectivity index (χ2n) is 6.12. The van der Waals surface area contributed by atoms with E-state index >= 15 is 0 Å². The van der Waals surface area contributed by atoms with Crippen molar-refractivity contribution >= 4 is 35.8 Å². The molecular weight excluding hydrogens is 330 g/mol. The number of nitrogens with one attached hydrogen (secondary N) is 2. The summed E-state index contributed by atoms with van der Waals surface area (Å²) in [5, 5.41) is 5.10. The first-order valence-electron chi connectivity index (χ1n) is 7.89. The lowest BCUT2D eigenvalue weighted by Crippen LogP contribution is -2.40. The van der Waals surface area contributed by atoms with Gasteiger partial charge in [0.1, 0.15) is 0 Å². The molecule has 7 heteroatoms. The van der Waals surface area contributed by atoms with E-state index in [2.05, 4.69) is 10.6 Å². The van der Waals surface area contributed by atoms with Gasteiger partial charge < -0.3 is 11.1 Å². The van der Waals surface area contributed by atoms with E-state index in [0.717, 1.165) is 12.0 Å². The quantitative estimate of drug-likeness (QED) is 0.676. The average molecular weight is 354 g/mol. The Labute approximate surface area is 148 Å². The van der Waals surface area contributed by atoms with Gasteiger partial charge in [-0.15, -0.1) is 12.4 Å². The van der Waals surface area contributed by atoms with E-state index in [1.54, 1.807) is 12.1 Å². The van der Waals surface area contributed by atoms with Crippen LogP contribution in [0.25, 0.3) is 0 Å². The predicted molar refractivity (Wildman–Crippen MR) is 94.7 cm³/mol. The minimum atomic E-state index is -0.534. The normalized spacial score (nSPS) is 19.2. The van der Waals surface area contributed by atoms with E-state index in [-0.39, 0.29) is 48.4 Å². The Balaban J connectivity index is 0.00000288. The summed E-state index contributed by atoms with van der Waals surface area (Å²) >= 11 is 0. The minimum absolute atomic E-state index is 0. The van der Waals surface area contributed by atoms with Gasteiger partial charge in [0.2, 0.25) is 17.7 Å². The molecule has 4 N–H and O–H groups in total. The zero-order valence-corrected chi connectivity index (χ0v) is 14.7. The second-order valence-corrected chi connectivity index (χ2v) is 6.12. The van der Waals surface area contributed by atoms with Crippen molar-refractivity contribution in [3.63, 3.8) is 0 Å². The van der Waals surface area contributed by atoms with Crippen LogP contribution in [0.2, 0.25) is 0 Å². The van der Waals surface area contributed by atoms with Crippen LogP contribution in [0.3, 0.4) is 0 Å². The van der Waals surface area contributed by atoms with Crippen molar-refractivity contribution < 1.29 is 14.4 Å². The Morgan fingerprint density at radius 3 is 2.46 bits per heavy atom. The lowest BCUT2D eigenvalue weighted by Gasteiger charge is -2.17. The molecule has 1 aliphatic heterocycles. The van der Waals surface area contributed by atoms with Crippen molar-refractivity contribution in [3.05, 3.63) is 29.8 Å². The summed E-state index contributed by atoms with van der Waals surface area (Å²) in [6.07, 6.45) is 1.59. The summed E-state index contributed by atoms with van der Waals surface area (Å²) in [6, 6.07) is 6.73. The third-order valence-electron chi connectivity index (χ3n) is 4.33. The molecule has 132 valence electrons. The number of nitrogens with two attached hydrogens (primary N) is 1. The van der Waals surface area contributed by atoms with Gasteiger partial charge in [-0.05, 0) is 30.0 Å². The largest absolute Gasteiger partial charge is 0.325 e. The molecule has 0 spiro atoms. The third-order valence-corrected chi connectivity index (χ3v) is 4.33. The highest BCUT2D eigenvalue weighted by atomic mass is 35.5. The molecule has 0 saturated carbocycles. The topological polar surface area (TPSA) is 101 Å². The molecule has 3 unspecified atom stereocenters. The van der Waals surface area contributed by atoms with Crippen molar-refractivity contribution in [3.8, 4) is 0 Å². The molecule has 0 bridgehead atoms. The number of imide groups is 1. The fraction of sp³-hybridized carbons (Fsp3) is 0.471. The van der Waals surface area contributed by atoms with Crippen LogP contribution in [0.4, 0.5) is 5.69 Å². The standard InChI is InChI=1S/C17H23N3O3.ClH/c1-3-10(2)15(18)17(23)19-13-6-4-11(5-7-13)8-12-9-14(21)20-16(12)22;/h4-7,10,12,15H,3,8-9,18H2,1-2H3,(H,19,23)(H,20,21,22);1H. The van der Waals surface area contributed by atoms with Gasteiger partial charge in [-0.3, -0.25) is 19.7 Å². The van der Waals surface area contributed by atoms with Gasteiger partial charge >= 0.3 is 0 Å². The van der Waals surface area contributed by atoms with Crippen molar-refractivity contribution in [1.82, 2.24) is 5.32 Å². The molecule has 1 heterocycles. The summed E-state index contributed by atoms with van der Waals surface area (Å²) in [4.78, 5) is 34.8. The molecule has 1 aliphatic rings. The minimum Gasteiger partial charge on any atom is -0.325 e. The van der Waals surface area contributed by atoms with E-state index in [0.29, 0.717) is 12.1 Å². The molecule has 1 aromatic rings. The van der Waals surface area contributed by atoms with Crippen LogP contribution in [0.15, 0.2) is 24.3 Å². The maximum atomic E-state index is 12.0. The fourth-order valence-electron chi connectivity index (χ4n) is 2.52. The fourth-order valence-corrected chi connectivity index (χ4v) is 2.52. The zero-order chi connectivity index (χ0) is 17.0. The molecule has 1 saturated heterocycles. The Bertz CT molecular complexity index is 604. The monoisotopic (exact) mass is 353 g/mol. The summed E-state index contributed by atoms with van der Waals surface area (Å²) in [5.41, 5.74) is 7.52. The molecule has 2 rings (SSSR count). The molecule has 6 nitrogen and oxygen atoms in total. The van der Waals surface area contributed by atoms with Crippen molar-refractivity contribution in [1.29, 1.82) is 0 Å². The number of carbonyl (C=O) groups excluding carboxylic acids is 3. The van der Waals surface area contributed by atoms with Gasteiger partial charge in [-0.25, -0.2) is 0 Å². The Morgan fingerprint density at radius 2 is 1.96 bits per heavy atom. The number of halogens is 1. The maximum Gasteiger partial charge on any atom is 0.241 e. The second kappa shape index (κ2) is 8.80. The number of benzene rings is 1. The molecule has 3 amide bonds. The van der Waals surface area contributed by atoms with Gasteiger partial charge in [0.25, 0.3) is 0 Å². The number of hydrogen-bond acceptors (Lipinski definition) is 4. The molecule has 1 fully saturated rings. The van der Waals surface area contributed by atoms with Crippen molar-refractivity contribution in [2.24, 2.45) is 17.6 Å². The number of carbonyl (C=O) groups is 3. The smallest absolute Gasteiger partial charge is 0.241 e. The zero-order valence-electron chi connectivity index (χ0n) is 13.9. The summed E-state index contributed by atoms with van der Waals surface area (Å²) in [5.74, 6) is -0.822. The SMILES string of the molecule is CCC(C)C(N)C(=O)Nc1ccc(CC2CC(=O)NC2=O)cc1.Cl. The van der Waals surface area contributed by atoms with Crippen LogP contribution < -0.4 is 16.4 Å². The van der Waals surface area contributed by atoms with Crippen molar-refractivity contribution in [2.75, 3.05) is 5.32 Å². The highest BCUT2D eigenvalue weighted by Gasteiger charge is 2.30. The highest BCUT2D eigenvalue weighted by Crippen LogP contribution is 2.19. The molecular formula is C17H24ClN3O3. The predicted octanol–water partition coefficient (Wildman–Crippen LogP) is 1.63. The Kier molecular flexibility index (Phi) is 7.38. The number of hydrogen-bond donors (Lipinski definition) is 3. The number of rotatable bonds is 6. The van der Waals surface area contributed by atoms with Gasteiger partial charge in [0.05, 0.1) is 12.0 Å². The summed E-state index contributed by atoms with van der Waals surface area (Å²) in [7, 11) is 0. The van der Waals surface area contributed by atoms with Crippen LogP contribution in [0.1, 0.15) is 32.3 Å². The van der Waals surface area contributed by atoms with Crippen LogP contribution in [-0.4, -0.2) is 23.8 Å². The summed E-state index contributed by atoms with van der Waals surface area (Å²) < 4.78 is 0. The van der Waals surface area contributed by atoms with E-state index < -0.39 is 6.04 Å². The van der Waals surface area contributed by atoms with Crippen LogP contribution in [-0.2, 0) is 20.8 Å². The lowest BCUT2D eigenvalue weighted by molar-refractivity contribution is -0.125. The average Bonchev–Trinajstić information content (AvgIpc) is 2.85. The van der Waals surface area contributed by atoms with Crippen LogP contribution >= 0.6 is 12.4 Å². The Hall–Kier alpha value is -1.92. The molecule has 3 atom stereocenters. The molecule has 24 heavy (non-hydrogen) atoms. The first kappa shape index (κ1) is 20.1. The van der Waals surface area contributed by atoms with Crippen LogP contribution in [0, 0.1) is 11.8 Å². The molecule has 1 aromatic carbocycles. The van der Waals surface area contributed by atoms with Gasteiger partial charge in [0.15, 0.2) is 0 Å². The maximum absolute atomic E-state index is 12.0. The summed E-state index contributed by atoms with van der Waals surface area (Å²) in [6.45, 7) is 3.94. The highest BCUT2D eigenvalue weighted by molar-refractivity contribution is 6.03. The first-order chi connectivity index (χ1) is 10.9. The molecule has 0 aliphatic carbocycles. The number of anilines is 1. The molecule has 0 radical (unpaired) electrons. The van der Waals surface area contributed by atoms with E-state index in [4.69, 9.17) is 5.73 Å².